The van der Waals surface area contributed by atoms with Gasteiger partial charge in [0, 0.05) is 12.8 Å². The van der Waals surface area contributed by atoms with E-state index in [-0.39, 0.29) is 18.5 Å². The number of nitrogens with one attached hydrogen (secondary N) is 1. The van der Waals surface area contributed by atoms with Crippen LogP contribution < -0.4 is 5.32 Å². The highest BCUT2D eigenvalue weighted by Crippen LogP contribution is 2.17. The van der Waals surface area contributed by atoms with Gasteiger partial charge in [0.2, 0.25) is 5.91 Å². The highest BCUT2D eigenvalue weighted by Gasteiger charge is 2.20. The van der Waals surface area contributed by atoms with Crippen molar-refractivity contribution in [3.8, 4) is 0 Å². The predicted molar refractivity (Wildman–Crippen MR) is 250 cm³/mol. The summed E-state index contributed by atoms with van der Waals surface area (Å²) in [7, 11) is 0. The average molecular weight is 822 g/mol. The molecule has 2 atom stereocenters. The quantitative estimate of drug-likeness (QED) is 0.0420. The SMILES string of the molecule is CCCCCCCCCCCCCCCCCC(O)C(CO)NC(=O)CCCCCCCCCCCCCCOC(=O)CCCCCCCCCCCCCCCC. The molecule has 0 saturated carbocycles. The highest BCUT2D eigenvalue weighted by molar-refractivity contribution is 5.76. The molecule has 0 fully saturated rings. The molecule has 0 saturated heterocycles. The van der Waals surface area contributed by atoms with Gasteiger partial charge in [0.1, 0.15) is 0 Å². The Morgan fingerprint density at radius 2 is 0.707 bits per heavy atom. The van der Waals surface area contributed by atoms with Crippen LogP contribution >= 0.6 is 0 Å². The first-order chi connectivity index (χ1) is 28.5. The van der Waals surface area contributed by atoms with Crippen molar-refractivity contribution in [2.24, 2.45) is 0 Å². The van der Waals surface area contributed by atoms with Gasteiger partial charge in [-0.2, -0.15) is 0 Å². The van der Waals surface area contributed by atoms with Crippen LogP contribution in [0.5, 0.6) is 0 Å². The van der Waals surface area contributed by atoms with Crippen molar-refractivity contribution >= 4 is 11.9 Å². The molecule has 0 bridgehead atoms. The highest BCUT2D eigenvalue weighted by atomic mass is 16.5. The lowest BCUT2D eigenvalue weighted by Gasteiger charge is -2.22. The number of aliphatic hydroxyl groups excluding tert-OH is 2. The Kier molecular flexibility index (Phi) is 47.6. The molecule has 0 aromatic carbocycles. The summed E-state index contributed by atoms with van der Waals surface area (Å²) >= 11 is 0. The zero-order valence-electron chi connectivity index (χ0n) is 39.3. The van der Waals surface area contributed by atoms with Crippen LogP contribution in [0, 0.1) is 0 Å². The zero-order chi connectivity index (χ0) is 42.3. The van der Waals surface area contributed by atoms with E-state index in [1.807, 2.05) is 0 Å². The van der Waals surface area contributed by atoms with E-state index in [0.717, 1.165) is 57.8 Å². The van der Waals surface area contributed by atoms with E-state index in [2.05, 4.69) is 19.2 Å². The molecule has 0 aromatic rings. The van der Waals surface area contributed by atoms with Crippen molar-refractivity contribution in [1.82, 2.24) is 5.32 Å². The lowest BCUT2D eigenvalue weighted by Crippen LogP contribution is -2.45. The molecule has 0 aliphatic heterocycles. The second kappa shape index (κ2) is 48.5. The fraction of sp³-hybridized carbons (Fsp3) is 0.962. The van der Waals surface area contributed by atoms with Crippen molar-refractivity contribution < 1.29 is 24.5 Å². The zero-order valence-corrected chi connectivity index (χ0v) is 39.3. The minimum Gasteiger partial charge on any atom is -0.466 e. The van der Waals surface area contributed by atoms with Crippen molar-refractivity contribution in [2.75, 3.05) is 13.2 Å². The van der Waals surface area contributed by atoms with E-state index in [1.54, 1.807) is 0 Å². The summed E-state index contributed by atoms with van der Waals surface area (Å²) in [5.74, 6) is -0.0544. The van der Waals surface area contributed by atoms with Crippen molar-refractivity contribution in [3.05, 3.63) is 0 Å². The van der Waals surface area contributed by atoms with Crippen LogP contribution in [0.2, 0.25) is 0 Å². The van der Waals surface area contributed by atoms with E-state index in [4.69, 9.17) is 4.74 Å². The van der Waals surface area contributed by atoms with Crippen LogP contribution in [0.3, 0.4) is 0 Å². The smallest absolute Gasteiger partial charge is 0.305 e. The van der Waals surface area contributed by atoms with E-state index in [1.165, 1.54) is 205 Å². The van der Waals surface area contributed by atoms with E-state index < -0.39 is 12.1 Å². The predicted octanol–water partition coefficient (Wildman–Crippen LogP) is 15.6. The first kappa shape index (κ1) is 56.9. The molecule has 0 heterocycles. The Balaban J connectivity index is 3.44. The number of hydrogen-bond acceptors (Lipinski definition) is 5. The molecule has 2 unspecified atom stereocenters. The van der Waals surface area contributed by atoms with Crippen LogP contribution in [0.25, 0.3) is 0 Å². The maximum atomic E-state index is 12.4. The van der Waals surface area contributed by atoms with Gasteiger partial charge in [-0.05, 0) is 25.7 Å². The fourth-order valence-electron chi connectivity index (χ4n) is 8.35. The van der Waals surface area contributed by atoms with Gasteiger partial charge >= 0.3 is 5.97 Å². The summed E-state index contributed by atoms with van der Waals surface area (Å²) in [6.45, 7) is 4.94. The molecular weight excluding hydrogens is 719 g/mol. The maximum Gasteiger partial charge on any atom is 0.305 e. The first-order valence-corrected chi connectivity index (χ1v) is 26.3. The van der Waals surface area contributed by atoms with Gasteiger partial charge in [0.25, 0.3) is 0 Å². The molecule has 0 spiro atoms. The summed E-state index contributed by atoms with van der Waals surface area (Å²) < 4.78 is 5.46. The molecule has 58 heavy (non-hydrogen) atoms. The summed E-state index contributed by atoms with van der Waals surface area (Å²) in [6.07, 6.45) is 53.5. The second-order valence-electron chi connectivity index (χ2n) is 18.2. The summed E-state index contributed by atoms with van der Waals surface area (Å²) in [6, 6.07) is -0.551. The Hall–Kier alpha value is -1.14. The number of ether oxygens (including phenoxy) is 1. The third-order valence-corrected chi connectivity index (χ3v) is 12.4. The van der Waals surface area contributed by atoms with Crippen molar-refractivity contribution in [3.63, 3.8) is 0 Å². The van der Waals surface area contributed by atoms with Gasteiger partial charge in [0.15, 0.2) is 0 Å². The second-order valence-corrected chi connectivity index (χ2v) is 18.2. The van der Waals surface area contributed by atoms with Crippen LogP contribution in [-0.2, 0) is 14.3 Å². The number of aliphatic hydroxyl groups is 2. The van der Waals surface area contributed by atoms with Crippen molar-refractivity contribution in [2.45, 2.75) is 309 Å². The Morgan fingerprint density at radius 3 is 1.05 bits per heavy atom. The number of esters is 1. The monoisotopic (exact) mass is 822 g/mol. The van der Waals surface area contributed by atoms with Crippen LogP contribution in [0.1, 0.15) is 296 Å². The maximum absolute atomic E-state index is 12.4. The minimum atomic E-state index is -0.672. The molecule has 1 amide bonds. The van der Waals surface area contributed by atoms with Gasteiger partial charge < -0.3 is 20.3 Å². The molecule has 0 rings (SSSR count). The molecular formula is C52H103NO5. The van der Waals surface area contributed by atoms with Crippen LogP contribution in [-0.4, -0.2) is 47.4 Å². The minimum absolute atomic E-state index is 0.00623. The number of carbonyl (C=O) groups is 2. The molecule has 346 valence electrons. The lowest BCUT2D eigenvalue weighted by atomic mass is 10.0. The Labute approximate surface area is 362 Å². The number of hydrogen-bond donors (Lipinski definition) is 3. The number of amides is 1. The summed E-state index contributed by atoms with van der Waals surface area (Å²) in [4.78, 5) is 24.5. The fourth-order valence-corrected chi connectivity index (χ4v) is 8.35. The Morgan fingerprint density at radius 1 is 0.414 bits per heavy atom. The Bertz CT molecular complexity index is 822. The third kappa shape index (κ3) is 44.4. The largest absolute Gasteiger partial charge is 0.466 e. The van der Waals surface area contributed by atoms with Gasteiger partial charge in [-0.3, -0.25) is 9.59 Å². The summed E-state index contributed by atoms with van der Waals surface area (Å²) in [5.41, 5.74) is 0. The van der Waals surface area contributed by atoms with Crippen molar-refractivity contribution in [1.29, 1.82) is 0 Å². The molecule has 0 aliphatic rings. The summed E-state index contributed by atoms with van der Waals surface area (Å²) in [5, 5.41) is 23.2. The van der Waals surface area contributed by atoms with Crippen LogP contribution in [0.15, 0.2) is 0 Å². The molecule has 6 heteroatoms. The number of rotatable bonds is 49. The topological polar surface area (TPSA) is 95.9 Å². The average Bonchev–Trinajstić information content (AvgIpc) is 3.22. The lowest BCUT2D eigenvalue weighted by molar-refractivity contribution is -0.143. The molecule has 0 aromatic heterocycles. The number of carbonyl (C=O) groups excluding carboxylic acids is 2. The van der Waals surface area contributed by atoms with Gasteiger partial charge in [-0.15, -0.1) is 0 Å². The molecule has 0 radical (unpaired) electrons. The van der Waals surface area contributed by atoms with E-state index in [0.29, 0.717) is 25.9 Å². The third-order valence-electron chi connectivity index (χ3n) is 12.4. The molecule has 6 nitrogen and oxygen atoms in total. The van der Waals surface area contributed by atoms with Gasteiger partial charge in [0.05, 0.1) is 25.4 Å². The van der Waals surface area contributed by atoms with E-state index in [9.17, 15) is 19.8 Å². The molecule has 3 N–H and O–H groups in total. The number of unbranched alkanes of at least 4 members (excludes halogenated alkanes) is 38. The van der Waals surface area contributed by atoms with Crippen LogP contribution in [0.4, 0.5) is 0 Å². The first-order valence-electron chi connectivity index (χ1n) is 26.3. The van der Waals surface area contributed by atoms with E-state index >= 15 is 0 Å². The normalized spacial score (nSPS) is 12.6. The van der Waals surface area contributed by atoms with Gasteiger partial charge in [-0.1, -0.05) is 258 Å². The standard InChI is InChI=1S/C52H103NO5/c1-3-5-7-9-11-13-15-17-19-20-24-28-32-36-40-44-50(55)49(48-54)53-51(56)45-41-37-33-29-25-22-23-27-31-35-39-43-47-58-52(57)46-42-38-34-30-26-21-18-16-14-12-10-8-6-4-2/h49-50,54-55H,3-48H2,1-2H3,(H,53,56). The molecule has 0 aliphatic carbocycles. The van der Waals surface area contributed by atoms with Gasteiger partial charge in [-0.25, -0.2) is 0 Å².